The molecule has 0 aliphatic carbocycles. The molecule has 0 saturated carbocycles. The molecule has 1 aromatic carbocycles. The van der Waals surface area contributed by atoms with Gasteiger partial charge in [-0.25, -0.2) is 9.59 Å². The van der Waals surface area contributed by atoms with Crippen LogP contribution in [0.3, 0.4) is 0 Å². The fourth-order valence-corrected chi connectivity index (χ4v) is 2.16. The predicted octanol–water partition coefficient (Wildman–Crippen LogP) is 1.50. The minimum atomic E-state index is -1.09. The Balaban J connectivity index is 1.98. The van der Waals surface area contributed by atoms with Crippen molar-refractivity contribution in [1.29, 1.82) is 0 Å². The average Bonchev–Trinajstić information content (AvgIpc) is 2.45. The van der Waals surface area contributed by atoms with Gasteiger partial charge in [0.2, 0.25) is 0 Å². The maximum Gasteiger partial charge on any atom is 0.411 e. The Hall–Kier alpha value is -2.08. The predicted molar refractivity (Wildman–Crippen MR) is 70.2 cm³/mol. The summed E-state index contributed by atoms with van der Waals surface area (Å²) in [5.41, 5.74) is 0.856. The number of carbonyl (C=O) groups is 2. The van der Waals surface area contributed by atoms with Crippen LogP contribution in [0.1, 0.15) is 12.5 Å². The van der Waals surface area contributed by atoms with Gasteiger partial charge in [-0.1, -0.05) is 30.3 Å². The third-order valence-electron chi connectivity index (χ3n) is 3.19. The number of aliphatic carboxylic acids is 1. The molecule has 0 bridgehead atoms. The molecule has 0 spiro atoms. The first kappa shape index (κ1) is 14.3. The lowest BCUT2D eigenvalue weighted by atomic mass is 10.1. The van der Waals surface area contributed by atoms with Gasteiger partial charge in [0.25, 0.3) is 0 Å². The van der Waals surface area contributed by atoms with Gasteiger partial charge in [-0.2, -0.15) is 0 Å². The SMILES string of the molecule is C[C@H]1OCCN(C(=O)OCc2ccccc2)[C@@H]1C(=O)O. The van der Waals surface area contributed by atoms with Gasteiger partial charge >= 0.3 is 12.1 Å². The smallest absolute Gasteiger partial charge is 0.411 e. The van der Waals surface area contributed by atoms with Gasteiger partial charge in [0.1, 0.15) is 6.61 Å². The number of hydrogen-bond donors (Lipinski definition) is 1. The maximum atomic E-state index is 12.0. The topological polar surface area (TPSA) is 76.1 Å². The summed E-state index contributed by atoms with van der Waals surface area (Å²) < 4.78 is 10.4. The minimum absolute atomic E-state index is 0.123. The summed E-state index contributed by atoms with van der Waals surface area (Å²) >= 11 is 0. The molecule has 2 rings (SSSR count). The van der Waals surface area contributed by atoms with Crippen molar-refractivity contribution in [1.82, 2.24) is 4.90 Å². The fourth-order valence-electron chi connectivity index (χ4n) is 2.16. The summed E-state index contributed by atoms with van der Waals surface area (Å²) in [6.07, 6.45) is -1.18. The highest BCUT2D eigenvalue weighted by Gasteiger charge is 2.38. The number of carbonyl (C=O) groups excluding carboxylic acids is 1. The van der Waals surface area contributed by atoms with E-state index in [1.54, 1.807) is 6.92 Å². The number of morpholine rings is 1. The highest BCUT2D eigenvalue weighted by atomic mass is 16.6. The minimum Gasteiger partial charge on any atom is -0.480 e. The van der Waals surface area contributed by atoms with Crippen molar-refractivity contribution in [3.8, 4) is 0 Å². The molecule has 0 radical (unpaired) electrons. The zero-order valence-electron chi connectivity index (χ0n) is 11.2. The summed E-state index contributed by atoms with van der Waals surface area (Å²) in [6.45, 7) is 2.29. The molecule has 1 aliphatic heterocycles. The first-order valence-corrected chi connectivity index (χ1v) is 6.41. The van der Waals surface area contributed by atoms with Crippen molar-refractivity contribution in [3.63, 3.8) is 0 Å². The molecular formula is C14H17NO5. The van der Waals surface area contributed by atoms with E-state index >= 15 is 0 Å². The highest BCUT2D eigenvalue weighted by Crippen LogP contribution is 2.16. The lowest BCUT2D eigenvalue weighted by Gasteiger charge is -2.36. The molecule has 1 aliphatic rings. The van der Waals surface area contributed by atoms with Crippen LogP contribution in [0.15, 0.2) is 30.3 Å². The Bertz CT molecular complexity index is 476. The largest absolute Gasteiger partial charge is 0.480 e. The van der Waals surface area contributed by atoms with E-state index in [4.69, 9.17) is 9.47 Å². The zero-order valence-corrected chi connectivity index (χ0v) is 11.2. The van der Waals surface area contributed by atoms with Gasteiger partial charge in [0.15, 0.2) is 6.04 Å². The summed E-state index contributed by atoms with van der Waals surface area (Å²) in [4.78, 5) is 24.4. The Morgan fingerprint density at radius 3 is 2.75 bits per heavy atom. The summed E-state index contributed by atoms with van der Waals surface area (Å²) in [5, 5.41) is 9.18. The molecule has 6 nitrogen and oxygen atoms in total. The number of benzene rings is 1. The standard InChI is InChI=1S/C14H17NO5/c1-10-12(13(16)17)15(7-8-19-10)14(18)20-9-11-5-3-2-4-6-11/h2-6,10,12H,7-9H2,1H3,(H,16,17)/t10-,12+/m1/s1. The third-order valence-corrected chi connectivity index (χ3v) is 3.19. The van der Waals surface area contributed by atoms with Crippen molar-refractivity contribution in [3.05, 3.63) is 35.9 Å². The van der Waals surface area contributed by atoms with Crippen LogP contribution in [0, 0.1) is 0 Å². The molecule has 1 heterocycles. The summed E-state index contributed by atoms with van der Waals surface area (Å²) in [5.74, 6) is -1.09. The van der Waals surface area contributed by atoms with Crippen LogP contribution in [0.5, 0.6) is 0 Å². The van der Waals surface area contributed by atoms with E-state index in [0.717, 1.165) is 5.56 Å². The number of nitrogens with zero attached hydrogens (tertiary/aromatic N) is 1. The lowest BCUT2D eigenvalue weighted by Crippen LogP contribution is -2.56. The van der Waals surface area contributed by atoms with Crippen LogP contribution in [0.25, 0.3) is 0 Å². The fraction of sp³-hybridized carbons (Fsp3) is 0.429. The number of ether oxygens (including phenoxy) is 2. The molecule has 1 fully saturated rings. The van der Waals surface area contributed by atoms with Gasteiger partial charge in [0, 0.05) is 6.54 Å². The van der Waals surface area contributed by atoms with Gasteiger partial charge < -0.3 is 14.6 Å². The highest BCUT2D eigenvalue weighted by molar-refractivity contribution is 5.80. The van der Waals surface area contributed by atoms with Crippen molar-refractivity contribution in [2.75, 3.05) is 13.2 Å². The first-order chi connectivity index (χ1) is 9.59. The molecule has 20 heavy (non-hydrogen) atoms. The van der Waals surface area contributed by atoms with E-state index in [9.17, 15) is 14.7 Å². The number of carboxylic acid groups (broad SMARTS) is 1. The Morgan fingerprint density at radius 2 is 2.10 bits per heavy atom. The molecule has 0 aromatic heterocycles. The van der Waals surface area contributed by atoms with Gasteiger partial charge in [0.05, 0.1) is 12.7 Å². The molecule has 2 atom stereocenters. The molecule has 6 heteroatoms. The second kappa shape index (κ2) is 6.38. The van der Waals surface area contributed by atoms with E-state index in [2.05, 4.69) is 0 Å². The van der Waals surface area contributed by atoms with Crippen LogP contribution in [0.4, 0.5) is 4.79 Å². The Labute approximate surface area is 116 Å². The van der Waals surface area contributed by atoms with Crippen molar-refractivity contribution >= 4 is 12.1 Å². The number of carboxylic acids is 1. The average molecular weight is 279 g/mol. The van der Waals surface area contributed by atoms with Crippen molar-refractivity contribution in [2.45, 2.75) is 25.7 Å². The van der Waals surface area contributed by atoms with E-state index in [0.29, 0.717) is 6.61 Å². The van der Waals surface area contributed by atoms with Crippen LogP contribution in [-0.2, 0) is 20.9 Å². The monoisotopic (exact) mass is 279 g/mol. The van der Waals surface area contributed by atoms with E-state index in [1.807, 2.05) is 30.3 Å². The molecular weight excluding hydrogens is 262 g/mol. The maximum absolute atomic E-state index is 12.0. The van der Waals surface area contributed by atoms with Crippen LogP contribution < -0.4 is 0 Å². The summed E-state index contributed by atoms with van der Waals surface area (Å²) in [6, 6.07) is 8.23. The van der Waals surface area contributed by atoms with Gasteiger partial charge in [-0.15, -0.1) is 0 Å². The summed E-state index contributed by atoms with van der Waals surface area (Å²) in [7, 11) is 0. The van der Waals surface area contributed by atoms with Gasteiger partial charge in [-0.3, -0.25) is 4.90 Å². The molecule has 1 amide bonds. The Morgan fingerprint density at radius 1 is 1.40 bits per heavy atom. The van der Waals surface area contributed by atoms with Crippen LogP contribution in [0.2, 0.25) is 0 Å². The van der Waals surface area contributed by atoms with E-state index < -0.39 is 24.2 Å². The third kappa shape index (κ3) is 3.27. The van der Waals surface area contributed by atoms with Crippen molar-refractivity contribution < 1.29 is 24.2 Å². The zero-order chi connectivity index (χ0) is 14.5. The van der Waals surface area contributed by atoms with Gasteiger partial charge in [-0.05, 0) is 12.5 Å². The molecule has 1 N–H and O–H groups in total. The number of hydrogen-bond acceptors (Lipinski definition) is 4. The van der Waals surface area contributed by atoms with E-state index in [1.165, 1.54) is 4.90 Å². The Kier molecular flexibility index (Phi) is 4.57. The molecule has 1 aromatic rings. The molecule has 0 unspecified atom stereocenters. The second-order valence-electron chi connectivity index (χ2n) is 4.59. The molecule has 1 saturated heterocycles. The quantitative estimate of drug-likeness (QED) is 0.907. The number of rotatable bonds is 3. The van der Waals surface area contributed by atoms with E-state index in [-0.39, 0.29) is 13.2 Å². The molecule has 108 valence electrons. The number of amides is 1. The lowest BCUT2D eigenvalue weighted by molar-refractivity contribution is -0.154. The second-order valence-corrected chi connectivity index (χ2v) is 4.59. The van der Waals surface area contributed by atoms with Crippen LogP contribution in [-0.4, -0.2) is 47.4 Å². The van der Waals surface area contributed by atoms with Crippen molar-refractivity contribution in [2.24, 2.45) is 0 Å². The first-order valence-electron chi connectivity index (χ1n) is 6.41. The van der Waals surface area contributed by atoms with Crippen LogP contribution >= 0.6 is 0 Å². The normalized spacial score (nSPS) is 22.4.